The van der Waals surface area contributed by atoms with Crippen molar-refractivity contribution in [1.29, 1.82) is 0 Å². The highest BCUT2D eigenvalue weighted by Gasteiger charge is 2.26. The summed E-state index contributed by atoms with van der Waals surface area (Å²) in [5.74, 6) is 1.52. The van der Waals surface area contributed by atoms with Crippen molar-refractivity contribution < 1.29 is 9.32 Å². The van der Waals surface area contributed by atoms with E-state index in [-0.39, 0.29) is 17.2 Å². The van der Waals surface area contributed by atoms with Crippen LogP contribution in [0.1, 0.15) is 62.6 Å². The zero-order chi connectivity index (χ0) is 24.8. The molecule has 0 unspecified atom stereocenters. The second-order valence-corrected chi connectivity index (χ2v) is 10.8. The fourth-order valence-corrected chi connectivity index (χ4v) is 4.50. The summed E-state index contributed by atoms with van der Waals surface area (Å²) in [5, 5.41) is 7.31. The number of nitrogens with one attached hydrogen (secondary N) is 1. The predicted octanol–water partition coefficient (Wildman–Crippen LogP) is 5.30. The monoisotopic (exact) mass is 474 g/mol. The Morgan fingerprint density at radius 3 is 2.40 bits per heavy atom. The molecule has 3 aromatic rings. The van der Waals surface area contributed by atoms with Gasteiger partial charge in [-0.3, -0.25) is 9.69 Å². The molecule has 2 aromatic carbocycles. The molecule has 0 atom stereocenters. The molecule has 1 aliphatic heterocycles. The van der Waals surface area contributed by atoms with Crippen molar-refractivity contribution in [2.75, 3.05) is 19.6 Å². The zero-order valence-corrected chi connectivity index (χ0v) is 21.5. The summed E-state index contributed by atoms with van der Waals surface area (Å²) in [7, 11) is 0. The van der Waals surface area contributed by atoms with Gasteiger partial charge in [-0.15, -0.1) is 0 Å². The fraction of sp³-hybridized carbons (Fsp3) is 0.483. The number of likely N-dealkylation sites (tertiary alicyclic amines) is 1. The van der Waals surface area contributed by atoms with Crippen molar-refractivity contribution in [3.8, 4) is 11.4 Å². The van der Waals surface area contributed by atoms with Crippen molar-refractivity contribution in [3.05, 3.63) is 71.1 Å². The number of rotatable bonds is 8. The highest BCUT2D eigenvalue weighted by Crippen LogP contribution is 2.25. The number of piperidine rings is 1. The first-order valence-electron chi connectivity index (χ1n) is 12.8. The lowest BCUT2D eigenvalue weighted by atomic mass is 9.87. The van der Waals surface area contributed by atoms with Crippen molar-refractivity contribution in [2.45, 2.75) is 65.3 Å². The molecule has 1 N–H and O–H groups in total. The van der Waals surface area contributed by atoms with Gasteiger partial charge in [0, 0.05) is 18.0 Å². The van der Waals surface area contributed by atoms with E-state index < -0.39 is 0 Å². The van der Waals surface area contributed by atoms with E-state index in [0.717, 1.165) is 50.9 Å². The van der Waals surface area contributed by atoms with Crippen LogP contribution >= 0.6 is 0 Å². The maximum atomic E-state index is 12.6. The first-order chi connectivity index (χ1) is 16.8. The summed E-state index contributed by atoms with van der Waals surface area (Å²) in [5.41, 5.74) is 4.96. The average molecular weight is 475 g/mol. The van der Waals surface area contributed by atoms with Gasteiger partial charge in [-0.2, -0.15) is 4.98 Å². The van der Waals surface area contributed by atoms with Gasteiger partial charge in [-0.25, -0.2) is 0 Å². The third-order valence-corrected chi connectivity index (χ3v) is 6.86. The molecule has 6 heteroatoms. The van der Waals surface area contributed by atoms with Gasteiger partial charge in [0.25, 0.3) is 0 Å². The van der Waals surface area contributed by atoms with E-state index in [0.29, 0.717) is 18.3 Å². The Morgan fingerprint density at radius 2 is 1.74 bits per heavy atom. The number of carbonyl (C=O) groups excluding carboxylic acids is 1. The van der Waals surface area contributed by atoms with Gasteiger partial charge in [0.15, 0.2) is 0 Å². The second kappa shape index (κ2) is 11.2. The Kier molecular flexibility index (Phi) is 8.01. The first kappa shape index (κ1) is 25.1. The third kappa shape index (κ3) is 7.01. The van der Waals surface area contributed by atoms with Crippen LogP contribution in [-0.4, -0.2) is 40.6 Å². The number of carbonyl (C=O) groups is 1. The summed E-state index contributed by atoms with van der Waals surface area (Å²) in [6, 6.07) is 17.0. The topological polar surface area (TPSA) is 71.3 Å². The molecule has 6 nitrogen and oxygen atoms in total. The van der Waals surface area contributed by atoms with Crippen LogP contribution in [0.5, 0.6) is 0 Å². The number of aromatic nitrogens is 2. The largest absolute Gasteiger partial charge is 0.356 e. The van der Waals surface area contributed by atoms with Crippen LogP contribution in [0.25, 0.3) is 11.4 Å². The average Bonchev–Trinajstić information content (AvgIpc) is 3.31. The van der Waals surface area contributed by atoms with Gasteiger partial charge in [0.1, 0.15) is 0 Å². The molecule has 186 valence electrons. The summed E-state index contributed by atoms with van der Waals surface area (Å²) < 4.78 is 5.52. The van der Waals surface area contributed by atoms with Gasteiger partial charge >= 0.3 is 0 Å². The maximum absolute atomic E-state index is 12.6. The minimum atomic E-state index is 0.0881. The molecule has 1 aromatic heterocycles. The number of hydrogen-bond donors (Lipinski definition) is 1. The maximum Gasteiger partial charge on any atom is 0.241 e. The van der Waals surface area contributed by atoms with Crippen LogP contribution in [0.15, 0.2) is 53.1 Å². The molecular weight excluding hydrogens is 436 g/mol. The summed E-state index contributed by atoms with van der Waals surface area (Å²) in [4.78, 5) is 19.5. The van der Waals surface area contributed by atoms with Gasteiger partial charge in [0.2, 0.25) is 17.6 Å². The number of benzene rings is 2. The van der Waals surface area contributed by atoms with Crippen LogP contribution in [0.3, 0.4) is 0 Å². The minimum Gasteiger partial charge on any atom is -0.356 e. The van der Waals surface area contributed by atoms with E-state index in [2.05, 4.69) is 96.6 Å². The van der Waals surface area contributed by atoms with Gasteiger partial charge in [0.05, 0.1) is 6.54 Å². The summed E-state index contributed by atoms with van der Waals surface area (Å²) >= 11 is 0. The number of aryl methyl sites for hydroxylation is 2. The van der Waals surface area contributed by atoms with Crippen molar-refractivity contribution in [3.63, 3.8) is 0 Å². The third-order valence-electron chi connectivity index (χ3n) is 6.86. The molecular formula is C29H38N4O2. The Morgan fingerprint density at radius 1 is 1.06 bits per heavy atom. The van der Waals surface area contributed by atoms with Gasteiger partial charge < -0.3 is 9.84 Å². The van der Waals surface area contributed by atoms with E-state index in [4.69, 9.17) is 4.52 Å². The van der Waals surface area contributed by atoms with E-state index >= 15 is 0 Å². The molecule has 0 radical (unpaired) electrons. The molecule has 0 aliphatic carbocycles. The van der Waals surface area contributed by atoms with Gasteiger partial charge in [-0.05, 0) is 62.2 Å². The highest BCUT2D eigenvalue weighted by atomic mass is 16.5. The molecule has 1 fully saturated rings. The lowest BCUT2D eigenvalue weighted by molar-refractivity contribution is -0.126. The van der Waals surface area contributed by atoms with Crippen LogP contribution < -0.4 is 5.32 Å². The smallest absolute Gasteiger partial charge is 0.241 e. The first-order valence-corrected chi connectivity index (χ1v) is 12.8. The number of nitrogens with zero attached hydrogens (tertiary/aromatic N) is 3. The second-order valence-electron chi connectivity index (χ2n) is 10.8. The lowest BCUT2D eigenvalue weighted by Crippen LogP contribution is -2.40. The minimum absolute atomic E-state index is 0.0881. The number of hydrogen-bond acceptors (Lipinski definition) is 5. The van der Waals surface area contributed by atoms with Crippen molar-refractivity contribution in [1.82, 2.24) is 20.4 Å². The van der Waals surface area contributed by atoms with Gasteiger partial charge in [-0.1, -0.05) is 80.0 Å². The summed E-state index contributed by atoms with van der Waals surface area (Å²) in [6.07, 6.45) is 3.68. The molecule has 1 aliphatic rings. The number of amides is 1. The van der Waals surface area contributed by atoms with E-state index in [9.17, 15) is 4.79 Å². The molecule has 0 bridgehead atoms. The Hall–Kier alpha value is -2.99. The Bertz CT molecular complexity index is 1090. The Balaban J connectivity index is 1.18. The standard InChI is InChI=1S/C29H38N4O2/c1-21-7-9-22(10-8-21)6-5-17-30-28(34)24-15-18-33(19-16-24)20-26-31-27(32-35-26)23-11-13-25(14-12-23)29(2,3)4/h7-14,24H,5-6,15-20H2,1-4H3,(H,30,34). The van der Waals surface area contributed by atoms with Crippen LogP contribution in [0.2, 0.25) is 0 Å². The normalized spacial score (nSPS) is 15.3. The van der Waals surface area contributed by atoms with Crippen LogP contribution in [-0.2, 0) is 23.2 Å². The van der Waals surface area contributed by atoms with Crippen molar-refractivity contribution in [2.24, 2.45) is 5.92 Å². The van der Waals surface area contributed by atoms with E-state index in [1.165, 1.54) is 16.7 Å². The SMILES string of the molecule is Cc1ccc(CCCNC(=O)C2CCN(Cc3nc(-c4ccc(C(C)(C)C)cc4)no3)CC2)cc1. The van der Waals surface area contributed by atoms with Crippen molar-refractivity contribution >= 4 is 5.91 Å². The molecule has 35 heavy (non-hydrogen) atoms. The molecule has 1 amide bonds. The van der Waals surface area contributed by atoms with Crippen LogP contribution in [0.4, 0.5) is 0 Å². The lowest BCUT2D eigenvalue weighted by Gasteiger charge is -2.30. The highest BCUT2D eigenvalue weighted by molar-refractivity contribution is 5.78. The zero-order valence-electron chi connectivity index (χ0n) is 21.5. The predicted molar refractivity (Wildman–Crippen MR) is 139 cm³/mol. The van der Waals surface area contributed by atoms with E-state index in [1.54, 1.807) is 0 Å². The molecule has 0 saturated carbocycles. The summed E-state index contributed by atoms with van der Waals surface area (Å²) in [6.45, 7) is 11.8. The fourth-order valence-electron chi connectivity index (χ4n) is 4.50. The van der Waals surface area contributed by atoms with Crippen LogP contribution in [0, 0.1) is 12.8 Å². The quantitative estimate of drug-likeness (QED) is 0.449. The molecule has 4 rings (SSSR count). The van der Waals surface area contributed by atoms with E-state index in [1.807, 2.05) is 0 Å². The molecule has 0 spiro atoms. The molecule has 2 heterocycles. The molecule has 1 saturated heterocycles. The Labute approximate surface area is 209 Å².